The van der Waals surface area contributed by atoms with Crippen molar-refractivity contribution >= 4 is 5.97 Å². The number of ether oxygens (including phenoxy) is 1. The Morgan fingerprint density at radius 1 is 1.44 bits per heavy atom. The van der Waals surface area contributed by atoms with E-state index in [-0.39, 0.29) is 0 Å². The van der Waals surface area contributed by atoms with Crippen LogP contribution in [0.4, 0.5) is 0 Å². The van der Waals surface area contributed by atoms with Crippen LogP contribution >= 0.6 is 0 Å². The lowest BCUT2D eigenvalue weighted by molar-refractivity contribution is -0.164. The van der Waals surface area contributed by atoms with Crippen LogP contribution in [-0.2, 0) is 11.3 Å². The molecular formula is C20H27N3O4. The molecule has 1 aromatic heterocycles. The summed E-state index contributed by atoms with van der Waals surface area (Å²) in [4.78, 5) is 13.9. The van der Waals surface area contributed by atoms with Crippen molar-refractivity contribution in [1.82, 2.24) is 14.7 Å². The highest BCUT2D eigenvalue weighted by Crippen LogP contribution is 2.37. The predicted octanol–water partition coefficient (Wildman–Crippen LogP) is 2.32. The van der Waals surface area contributed by atoms with E-state index in [1.54, 1.807) is 18.0 Å². The molecule has 146 valence electrons. The number of benzene rings is 1. The van der Waals surface area contributed by atoms with Crippen LogP contribution in [0.25, 0.3) is 5.69 Å². The number of aliphatic hydroxyl groups excluding tert-OH is 1. The zero-order chi connectivity index (χ0) is 19.4. The van der Waals surface area contributed by atoms with Crippen LogP contribution in [-0.4, -0.2) is 57.2 Å². The SMILES string of the molecule is CCC[C@]1(C(=O)O)CCN(Cc2cc(OC)ccc2-n2cccn2)C[C@@H]1O. The second-order valence-electron chi connectivity index (χ2n) is 7.16. The van der Waals surface area contributed by atoms with Crippen molar-refractivity contribution in [3.63, 3.8) is 0 Å². The third kappa shape index (κ3) is 3.84. The van der Waals surface area contributed by atoms with Gasteiger partial charge >= 0.3 is 5.97 Å². The van der Waals surface area contributed by atoms with Crippen LogP contribution in [0.1, 0.15) is 31.7 Å². The number of aliphatic hydroxyl groups is 1. The van der Waals surface area contributed by atoms with Gasteiger partial charge in [-0.2, -0.15) is 5.10 Å². The molecule has 1 aliphatic heterocycles. The number of aliphatic carboxylic acids is 1. The number of likely N-dealkylation sites (tertiary alicyclic amines) is 1. The average molecular weight is 373 g/mol. The van der Waals surface area contributed by atoms with Gasteiger partial charge in [-0.15, -0.1) is 0 Å². The van der Waals surface area contributed by atoms with Crippen LogP contribution < -0.4 is 4.74 Å². The van der Waals surface area contributed by atoms with Gasteiger partial charge in [-0.05, 0) is 49.2 Å². The van der Waals surface area contributed by atoms with Crippen LogP contribution in [0.5, 0.6) is 5.75 Å². The number of aromatic nitrogens is 2. The summed E-state index contributed by atoms with van der Waals surface area (Å²) in [5, 5.41) is 24.7. The average Bonchev–Trinajstić information content (AvgIpc) is 3.18. The van der Waals surface area contributed by atoms with E-state index in [1.165, 1.54) is 0 Å². The van der Waals surface area contributed by atoms with Crippen LogP contribution in [0.2, 0.25) is 0 Å². The molecule has 7 heteroatoms. The number of carboxylic acid groups (broad SMARTS) is 1. The molecule has 0 aliphatic carbocycles. The summed E-state index contributed by atoms with van der Waals surface area (Å²) in [6.07, 6.45) is 4.40. The van der Waals surface area contributed by atoms with Crippen molar-refractivity contribution in [2.45, 2.75) is 38.8 Å². The van der Waals surface area contributed by atoms with E-state index in [0.717, 1.165) is 23.4 Å². The first-order valence-electron chi connectivity index (χ1n) is 9.31. The fourth-order valence-corrected chi connectivity index (χ4v) is 3.96. The third-order valence-electron chi connectivity index (χ3n) is 5.50. The molecule has 1 aromatic carbocycles. The van der Waals surface area contributed by atoms with Gasteiger partial charge in [-0.25, -0.2) is 4.68 Å². The fraction of sp³-hybridized carbons (Fsp3) is 0.500. The normalized spacial score (nSPS) is 23.3. The molecule has 0 radical (unpaired) electrons. The van der Waals surface area contributed by atoms with E-state index in [0.29, 0.717) is 32.5 Å². The first-order valence-corrected chi connectivity index (χ1v) is 9.31. The standard InChI is InChI=1S/C20H27N3O4/c1-3-7-20(19(25)26)8-11-22(14-18(20)24)13-15-12-16(27-2)5-6-17(15)23-10-4-9-21-23/h4-6,9-10,12,18,24H,3,7-8,11,13-14H2,1-2H3,(H,25,26)/t18-,20-/m0/s1. The van der Waals surface area contributed by atoms with Gasteiger partial charge in [0.05, 0.1) is 24.3 Å². The molecule has 0 unspecified atom stereocenters. The molecule has 0 bridgehead atoms. The van der Waals surface area contributed by atoms with E-state index in [9.17, 15) is 15.0 Å². The maximum atomic E-state index is 11.8. The minimum atomic E-state index is -1.04. The molecule has 0 saturated carbocycles. The lowest BCUT2D eigenvalue weighted by atomic mass is 9.72. The van der Waals surface area contributed by atoms with Gasteiger partial charge in [-0.1, -0.05) is 13.3 Å². The van der Waals surface area contributed by atoms with E-state index in [1.807, 2.05) is 37.4 Å². The van der Waals surface area contributed by atoms with Gasteiger partial charge in [0.1, 0.15) is 5.75 Å². The van der Waals surface area contributed by atoms with Gasteiger partial charge < -0.3 is 14.9 Å². The Kier molecular flexibility index (Phi) is 5.82. The Bertz CT molecular complexity index is 778. The molecule has 27 heavy (non-hydrogen) atoms. The fourth-order valence-electron chi connectivity index (χ4n) is 3.96. The number of hydrogen-bond acceptors (Lipinski definition) is 5. The molecule has 2 heterocycles. The molecule has 7 nitrogen and oxygen atoms in total. The van der Waals surface area contributed by atoms with Gasteiger partial charge in [0.25, 0.3) is 0 Å². The Hall–Kier alpha value is -2.38. The number of carboxylic acids is 1. The quantitative estimate of drug-likeness (QED) is 0.774. The van der Waals surface area contributed by atoms with Crippen molar-refractivity contribution in [2.24, 2.45) is 5.41 Å². The Labute approximate surface area is 159 Å². The van der Waals surface area contributed by atoms with Gasteiger partial charge in [0.2, 0.25) is 0 Å². The highest BCUT2D eigenvalue weighted by molar-refractivity contribution is 5.75. The summed E-state index contributed by atoms with van der Waals surface area (Å²) < 4.78 is 7.16. The summed E-state index contributed by atoms with van der Waals surface area (Å²) in [7, 11) is 1.63. The third-order valence-corrected chi connectivity index (χ3v) is 5.50. The zero-order valence-electron chi connectivity index (χ0n) is 15.8. The molecule has 1 saturated heterocycles. The monoisotopic (exact) mass is 373 g/mol. The highest BCUT2D eigenvalue weighted by atomic mass is 16.5. The van der Waals surface area contributed by atoms with E-state index in [4.69, 9.17) is 4.74 Å². The molecule has 2 aromatic rings. The van der Waals surface area contributed by atoms with Crippen LogP contribution in [0.3, 0.4) is 0 Å². The second-order valence-corrected chi connectivity index (χ2v) is 7.16. The molecule has 1 fully saturated rings. The number of nitrogens with zero attached hydrogens (tertiary/aromatic N) is 3. The van der Waals surface area contributed by atoms with Crippen LogP contribution in [0.15, 0.2) is 36.7 Å². The van der Waals surface area contributed by atoms with E-state index >= 15 is 0 Å². The number of β-amino-alcohol motifs (C(OH)–C–C–N with tert-alkyl or cyclic N) is 1. The molecule has 2 N–H and O–H groups in total. The van der Waals surface area contributed by atoms with Gasteiger partial charge in [0, 0.05) is 25.5 Å². The topological polar surface area (TPSA) is 87.8 Å². The molecule has 3 rings (SSSR count). The van der Waals surface area contributed by atoms with Crippen molar-refractivity contribution in [2.75, 3.05) is 20.2 Å². The first-order chi connectivity index (χ1) is 13.0. The summed E-state index contributed by atoms with van der Waals surface area (Å²) in [6, 6.07) is 7.68. The molecule has 0 amide bonds. The number of carbonyl (C=O) groups is 1. The Morgan fingerprint density at radius 3 is 2.85 bits per heavy atom. The Morgan fingerprint density at radius 2 is 2.26 bits per heavy atom. The van der Waals surface area contributed by atoms with E-state index in [2.05, 4.69) is 10.00 Å². The second kappa shape index (κ2) is 8.10. The van der Waals surface area contributed by atoms with E-state index < -0.39 is 17.5 Å². The highest BCUT2D eigenvalue weighted by Gasteiger charge is 2.47. The minimum absolute atomic E-state index is 0.335. The molecule has 0 spiro atoms. The first kappa shape index (κ1) is 19.4. The minimum Gasteiger partial charge on any atom is -0.497 e. The summed E-state index contributed by atoms with van der Waals surface area (Å²) in [5.74, 6) is -0.139. The number of methoxy groups -OCH3 is 1. The maximum absolute atomic E-state index is 11.8. The number of piperidine rings is 1. The van der Waals surface area contributed by atoms with Gasteiger partial charge in [-0.3, -0.25) is 9.69 Å². The largest absolute Gasteiger partial charge is 0.497 e. The lowest BCUT2D eigenvalue weighted by Gasteiger charge is -2.43. The number of hydrogen-bond donors (Lipinski definition) is 2. The van der Waals surface area contributed by atoms with Gasteiger partial charge in [0.15, 0.2) is 0 Å². The Balaban J connectivity index is 1.81. The van der Waals surface area contributed by atoms with Crippen LogP contribution in [0, 0.1) is 5.41 Å². The van der Waals surface area contributed by atoms with Crippen molar-refractivity contribution in [1.29, 1.82) is 0 Å². The molecule has 2 atom stereocenters. The summed E-state index contributed by atoms with van der Waals surface area (Å²) >= 11 is 0. The lowest BCUT2D eigenvalue weighted by Crippen LogP contribution is -2.54. The predicted molar refractivity (Wildman–Crippen MR) is 101 cm³/mol. The number of rotatable bonds is 7. The van der Waals surface area contributed by atoms with Crippen molar-refractivity contribution < 1.29 is 19.7 Å². The maximum Gasteiger partial charge on any atom is 0.312 e. The summed E-state index contributed by atoms with van der Waals surface area (Å²) in [6.45, 7) is 3.50. The van der Waals surface area contributed by atoms with Crippen molar-refractivity contribution in [3.8, 4) is 11.4 Å². The summed E-state index contributed by atoms with van der Waals surface area (Å²) in [5.41, 5.74) is 0.923. The van der Waals surface area contributed by atoms with Crippen molar-refractivity contribution in [3.05, 3.63) is 42.2 Å². The zero-order valence-corrected chi connectivity index (χ0v) is 15.8. The molecule has 1 aliphatic rings. The smallest absolute Gasteiger partial charge is 0.312 e. The molecular weight excluding hydrogens is 346 g/mol.